The maximum Gasteiger partial charge on any atom is 0.428 e. The van der Waals surface area contributed by atoms with Gasteiger partial charge in [0.1, 0.15) is 18.9 Å². The van der Waals surface area contributed by atoms with Crippen LogP contribution in [0.5, 0.6) is 11.8 Å². The summed E-state index contributed by atoms with van der Waals surface area (Å²) in [6, 6.07) is 27.1. The normalized spacial score (nSPS) is 18.7. The van der Waals surface area contributed by atoms with Crippen LogP contribution in [0, 0.1) is 5.41 Å². The first kappa shape index (κ1) is 35.5. The molecule has 14 heteroatoms. The molecule has 3 aliphatic rings. The second-order valence-corrected chi connectivity index (χ2v) is 13.5. The number of hydrogen-bond acceptors (Lipinski definition) is 9. The average Bonchev–Trinajstić information content (AvgIpc) is 3.71. The van der Waals surface area contributed by atoms with Gasteiger partial charge >= 0.3 is 18.1 Å². The third kappa shape index (κ3) is 7.00. The van der Waals surface area contributed by atoms with Crippen molar-refractivity contribution in [1.82, 2.24) is 9.88 Å². The van der Waals surface area contributed by atoms with Crippen LogP contribution in [0.1, 0.15) is 56.7 Å². The fourth-order valence-electron chi connectivity index (χ4n) is 7.21. The third-order valence-corrected chi connectivity index (χ3v) is 9.93. The van der Waals surface area contributed by atoms with E-state index in [-0.39, 0.29) is 56.6 Å². The minimum Gasteiger partial charge on any atom is -0.473 e. The highest BCUT2D eigenvalue weighted by atomic mass is 19.4. The molecule has 3 heterocycles. The Morgan fingerprint density at radius 1 is 0.830 bits per heavy atom. The molecule has 2 fully saturated rings. The number of alkyl halides is 3. The van der Waals surface area contributed by atoms with Crippen LogP contribution in [-0.2, 0) is 38.8 Å². The van der Waals surface area contributed by atoms with E-state index in [9.17, 15) is 32.3 Å². The third-order valence-electron chi connectivity index (χ3n) is 9.93. The summed E-state index contributed by atoms with van der Waals surface area (Å²) in [5, 5.41) is 0. The van der Waals surface area contributed by atoms with Crippen molar-refractivity contribution in [3.05, 3.63) is 119 Å². The van der Waals surface area contributed by atoms with Crippen molar-refractivity contribution in [2.45, 2.75) is 50.8 Å². The molecule has 274 valence electrons. The molecule has 1 atom stereocenters. The van der Waals surface area contributed by atoms with Gasteiger partial charge in [0.15, 0.2) is 0 Å². The van der Waals surface area contributed by atoms with Gasteiger partial charge < -0.3 is 23.8 Å². The van der Waals surface area contributed by atoms with Gasteiger partial charge in [-0.25, -0.2) is 9.59 Å². The molecule has 1 unspecified atom stereocenters. The summed E-state index contributed by atoms with van der Waals surface area (Å²) in [5.74, 6) is -3.47. The molecular formula is C39H34F3N3O8. The summed E-state index contributed by atoms with van der Waals surface area (Å²) in [7, 11) is 0.874. The first-order chi connectivity index (χ1) is 25.4. The minimum atomic E-state index is -4.93. The topological polar surface area (TPSA) is 125 Å². The smallest absolute Gasteiger partial charge is 0.428 e. The lowest BCUT2D eigenvalue weighted by atomic mass is 9.76. The summed E-state index contributed by atoms with van der Waals surface area (Å²) in [4.78, 5) is 58.3. The molecule has 3 aromatic carbocycles. The van der Waals surface area contributed by atoms with Gasteiger partial charge in [-0.3, -0.25) is 14.5 Å². The number of benzene rings is 3. The van der Waals surface area contributed by atoms with Crippen molar-refractivity contribution in [1.29, 1.82) is 0 Å². The number of rotatable bonds is 9. The van der Waals surface area contributed by atoms with Crippen LogP contribution >= 0.6 is 0 Å². The number of carbonyl (C=O) groups excluding carboxylic acids is 4. The fourth-order valence-corrected chi connectivity index (χ4v) is 7.21. The Kier molecular flexibility index (Phi) is 9.31. The van der Waals surface area contributed by atoms with E-state index in [1.54, 1.807) is 24.3 Å². The Morgan fingerprint density at radius 3 is 2.13 bits per heavy atom. The Morgan fingerprint density at radius 2 is 1.49 bits per heavy atom. The summed E-state index contributed by atoms with van der Waals surface area (Å²) >= 11 is 0. The second kappa shape index (κ2) is 13.9. The van der Waals surface area contributed by atoms with Crippen LogP contribution in [0.2, 0.25) is 0 Å². The minimum absolute atomic E-state index is 0.00799. The zero-order chi connectivity index (χ0) is 37.4. The Labute approximate surface area is 302 Å². The average molecular weight is 730 g/mol. The first-order valence-electron chi connectivity index (χ1n) is 16.9. The molecular weight excluding hydrogens is 695 g/mol. The molecule has 7 rings (SSSR count). The molecule has 53 heavy (non-hydrogen) atoms. The second-order valence-electron chi connectivity index (χ2n) is 13.5. The van der Waals surface area contributed by atoms with Crippen molar-refractivity contribution in [2.75, 3.05) is 25.1 Å². The highest BCUT2D eigenvalue weighted by Gasteiger charge is 2.68. The van der Waals surface area contributed by atoms with E-state index in [0.717, 1.165) is 18.2 Å². The van der Waals surface area contributed by atoms with E-state index in [4.69, 9.17) is 14.2 Å². The Hall–Kier alpha value is -5.92. The van der Waals surface area contributed by atoms with Gasteiger partial charge in [0, 0.05) is 42.1 Å². The monoisotopic (exact) mass is 729 g/mol. The van der Waals surface area contributed by atoms with Crippen LogP contribution in [0.25, 0.3) is 0 Å². The van der Waals surface area contributed by atoms with Crippen LogP contribution in [-0.4, -0.2) is 65.6 Å². The SMILES string of the molecule is COC(=O)C(=O)OC1(C(F)(F)F)CCC2(CN(C(=O)c3ccc4c(c3)CN(c3ccc(OCc5ccccc5)nc3OCc3ccccc3)C4=O)C2)C1. The number of nitrogens with zero attached hydrogens (tertiary/aromatic N) is 3. The lowest BCUT2D eigenvalue weighted by Crippen LogP contribution is -2.59. The molecule has 11 nitrogen and oxygen atoms in total. The summed E-state index contributed by atoms with van der Waals surface area (Å²) in [5.41, 5.74) is -0.289. The molecule has 0 radical (unpaired) electrons. The quantitative estimate of drug-likeness (QED) is 0.150. The van der Waals surface area contributed by atoms with Crippen molar-refractivity contribution >= 4 is 29.4 Å². The lowest BCUT2D eigenvalue weighted by molar-refractivity contribution is -0.271. The number of anilines is 1. The number of aromatic nitrogens is 1. The van der Waals surface area contributed by atoms with Crippen LogP contribution in [0.15, 0.2) is 91.0 Å². The van der Waals surface area contributed by atoms with E-state index in [0.29, 0.717) is 22.7 Å². The van der Waals surface area contributed by atoms with E-state index in [1.807, 2.05) is 60.7 Å². The number of esters is 2. The molecule has 2 aliphatic heterocycles. The molecule has 1 saturated heterocycles. The largest absolute Gasteiger partial charge is 0.473 e. The molecule has 0 N–H and O–H groups in total. The molecule has 0 bridgehead atoms. The van der Waals surface area contributed by atoms with Crippen LogP contribution < -0.4 is 14.4 Å². The molecule has 2 amide bonds. The van der Waals surface area contributed by atoms with Gasteiger partial charge in [-0.15, -0.1) is 0 Å². The molecule has 1 spiro atoms. The maximum atomic E-state index is 14.2. The summed E-state index contributed by atoms with van der Waals surface area (Å²) in [6.45, 7) is 0.598. The number of hydrogen-bond donors (Lipinski definition) is 0. The Bertz CT molecular complexity index is 2050. The zero-order valence-electron chi connectivity index (χ0n) is 28.6. The number of amides is 2. The number of fused-ring (bicyclic) bond motifs is 1. The molecule has 1 saturated carbocycles. The van der Waals surface area contributed by atoms with E-state index in [1.165, 1.54) is 15.9 Å². The highest BCUT2D eigenvalue weighted by Crippen LogP contribution is 2.57. The predicted molar refractivity (Wildman–Crippen MR) is 182 cm³/mol. The van der Waals surface area contributed by atoms with Crippen LogP contribution in [0.4, 0.5) is 18.9 Å². The number of carbonyl (C=O) groups is 4. The maximum absolute atomic E-state index is 14.2. The van der Waals surface area contributed by atoms with Crippen molar-refractivity contribution in [3.8, 4) is 11.8 Å². The van der Waals surface area contributed by atoms with Crippen molar-refractivity contribution in [3.63, 3.8) is 0 Å². The van der Waals surface area contributed by atoms with Gasteiger partial charge in [-0.1, -0.05) is 60.7 Å². The molecule has 1 aromatic heterocycles. The number of pyridine rings is 1. The first-order valence-corrected chi connectivity index (χ1v) is 16.9. The van der Waals surface area contributed by atoms with E-state index < -0.39 is 47.9 Å². The number of halogens is 3. The van der Waals surface area contributed by atoms with E-state index >= 15 is 0 Å². The van der Waals surface area contributed by atoms with Gasteiger partial charge in [0.2, 0.25) is 17.4 Å². The van der Waals surface area contributed by atoms with Gasteiger partial charge in [0.05, 0.1) is 13.7 Å². The number of methoxy groups -OCH3 is 1. The van der Waals surface area contributed by atoms with Gasteiger partial charge in [-0.05, 0) is 53.8 Å². The lowest BCUT2D eigenvalue weighted by Gasteiger charge is -2.49. The zero-order valence-corrected chi connectivity index (χ0v) is 28.6. The van der Waals surface area contributed by atoms with Crippen LogP contribution in [0.3, 0.4) is 0 Å². The standard InChI is InChI=1S/C39H34F3N3O8/c1-50-35(48)36(49)53-38(39(40,41)42)17-16-37(22-38)23-44(24-37)33(46)27-12-13-29-28(18-27)19-45(34(29)47)30-14-15-31(51-20-25-8-4-2-5-9-25)43-32(30)52-21-26-10-6-3-7-11-26/h2-15,18H,16-17,19-24H2,1H3. The summed E-state index contributed by atoms with van der Waals surface area (Å²) in [6.07, 6.45) is -6.01. The summed E-state index contributed by atoms with van der Waals surface area (Å²) < 4.78 is 63.6. The molecule has 4 aromatic rings. The van der Waals surface area contributed by atoms with Crippen molar-refractivity contribution in [2.24, 2.45) is 5.41 Å². The molecule has 1 aliphatic carbocycles. The highest BCUT2D eigenvalue weighted by molar-refractivity contribution is 6.29. The fraction of sp³-hybridized carbons (Fsp3) is 0.308. The van der Waals surface area contributed by atoms with Crippen molar-refractivity contribution < 1.29 is 51.3 Å². The predicted octanol–water partition coefficient (Wildman–Crippen LogP) is 6.04. The Balaban J connectivity index is 1.05. The number of ether oxygens (including phenoxy) is 4. The van der Waals surface area contributed by atoms with E-state index in [2.05, 4.69) is 9.72 Å². The van der Waals surface area contributed by atoms with Gasteiger partial charge in [0.25, 0.3) is 11.8 Å². The van der Waals surface area contributed by atoms with Gasteiger partial charge in [-0.2, -0.15) is 18.2 Å². The number of likely N-dealkylation sites (tertiary alicyclic amines) is 1.